The van der Waals surface area contributed by atoms with Crippen LogP contribution in [0.4, 0.5) is 4.39 Å². The molecular formula is C22H29FN3O9PS. The summed E-state index contributed by atoms with van der Waals surface area (Å²) < 4.78 is 50.2. The molecule has 0 amide bonds. The number of carbonyl (C=O) groups is 1. The van der Waals surface area contributed by atoms with E-state index in [1.54, 1.807) is 32.0 Å². The van der Waals surface area contributed by atoms with Crippen molar-refractivity contribution in [2.45, 2.75) is 57.0 Å². The average Bonchev–Trinajstić information content (AvgIpc) is 3.08. The van der Waals surface area contributed by atoms with Gasteiger partial charge in [-0.3, -0.25) is 18.9 Å². The molecule has 1 aliphatic heterocycles. The van der Waals surface area contributed by atoms with E-state index >= 15 is 0 Å². The van der Waals surface area contributed by atoms with E-state index in [2.05, 4.69) is 10.1 Å². The lowest BCUT2D eigenvalue weighted by atomic mass is 9.95. The second-order valence-corrected chi connectivity index (χ2v) is 10.8. The molecular weight excluding hydrogens is 532 g/mol. The average molecular weight is 562 g/mol. The van der Waals surface area contributed by atoms with Gasteiger partial charge in [-0.05, 0) is 39.0 Å². The zero-order chi connectivity index (χ0) is 27.4. The van der Waals surface area contributed by atoms with E-state index in [-0.39, 0.29) is 10.4 Å². The number of nitrogens with one attached hydrogen (secondary N) is 2. The van der Waals surface area contributed by atoms with Crippen LogP contribution in [0.25, 0.3) is 0 Å². The molecule has 37 heavy (non-hydrogen) atoms. The Kier molecular flexibility index (Phi) is 9.40. The normalized spacial score (nSPS) is 26.0. The van der Waals surface area contributed by atoms with Crippen molar-refractivity contribution in [3.05, 3.63) is 57.7 Å². The molecule has 15 heteroatoms. The molecule has 0 bridgehead atoms. The van der Waals surface area contributed by atoms with Crippen LogP contribution in [-0.2, 0) is 23.4 Å². The first kappa shape index (κ1) is 29.1. The lowest BCUT2D eigenvalue weighted by Crippen LogP contribution is -2.50. The Morgan fingerprint density at radius 1 is 1.32 bits per heavy atom. The highest BCUT2D eigenvalue weighted by atomic mass is 32.1. The molecule has 2 unspecified atom stereocenters. The van der Waals surface area contributed by atoms with Crippen LogP contribution in [0.3, 0.4) is 0 Å². The fraction of sp³-hybridized carbons (Fsp3) is 0.500. The fourth-order valence-electron chi connectivity index (χ4n) is 3.53. The quantitative estimate of drug-likeness (QED) is 0.180. The molecule has 4 N–H and O–H groups in total. The number of esters is 1. The highest BCUT2D eigenvalue weighted by Gasteiger charge is 2.57. The predicted molar refractivity (Wildman–Crippen MR) is 131 cm³/mol. The molecule has 0 spiro atoms. The molecule has 1 aromatic heterocycles. The van der Waals surface area contributed by atoms with E-state index < -0.39 is 68.9 Å². The van der Waals surface area contributed by atoms with Gasteiger partial charge in [0.1, 0.15) is 35.3 Å². The van der Waals surface area contributed by atoms with Crippen molar-refractivity contribution in [2.24, 2.45) is 0 Å². The summed E-state index contributed by atoms with van der Waals surface area (Å²) in [5, 5.41) is 24.0. The largest absolute Gasteiger partial charge is 0.462 e. The molecule has 12 nitrogen and oxygen atoms in total. The number of nitrogens with zero attached hydrogens (tertiary/aromatic N) is 1. The third-order valence-electron chi connectivity index (χ3n) is 5.35. The van der Waals surface area contributed by atoms with E-state index in [4.69, 9.17) is 30.7 Å². The third-order valence-corrected chi connectivity index (χ3v) is 7.23. The van der Waals surface area contributed by atoms with Crippen LogP contribution in [0.2, 0.25) is 0 Å². The predicted octanol–water partition coefficient (Wildman–Crippen LogP) is 2.00. The second-order valence-electron chi connectivity index (χ2n) is 8.65. The first-order chi connectivity index (χ1) is 17.4. The molecule has 0 radical (unpaired) electrons. The molecule has 2 aromatic rings. The lowest BCUT2D eigenvalue weighted by Gasteiger charge is -2.28. The van der Waals surface area contributed by atoms with Gasteiger partial charge in [0, 0.05) is 6.20 Å². The monoisotopic (exact) mass is 561 g/mol. The number of alkyl halides is 1. The van der Waals surface area contributed by atoms with E-state index in [0.29, 0.717) is 0 Å². The Bertz CT molecular complexity index is 1240. The smallest absolute Gasteiger partial charge is 0.459 e. The summed E-state index contributed by atoms with van der Waals surface area (Å²) in [6.07, 6.45) is -4.27. The highest BCUT2D eigenvalue weighted by molar-refractivity contribution is 7.71. The minimum Gasteiger partial charge on any atom is -0.462 e. The van der Waals surface area contributed by atoms with Gasteiger partial charge in [-0.1, -0.05) is 30.4 Å². The Balaban J connectivity index is 1.83. The van der Waals surface area contributed by atoms with E-state index in [1.165, 1.54) is 31.3 Å². The van der Waals surface area contributed by atoms with Gasteiger partial charge in [0.25, 0.3) is 0 Å². The maximum absolute atomic E-state index is 14.0. The summed E-state index contributed by atoms with van der Waals surface area (Å²) in [6.45, 7) is 2.52. The first-order valence-electron chi connectivity index (χ1n) is 11.3. The van der Waals surface area contributed by atoms with E-state index in [9.17, 15) is 28.8 Å². The molecule has 1 saturated heterocycles. The Hall–Kier alpha value is -2.45. The maximum atomic E-state index is 14.0. The van der Waals surface area contributed by atoms with Crippen LogP contribution in [0, 0.1) is 4.64 Å². The van der Waals surface area contributed by atoms with Crippen molar-refractivity contribution in [1.29, 1.82) is 0 Å². The highest BCUT2D eigenvalue weighted by Crippen LogP contribution is 2.47. The zero-order valence-electron chi connectivity index (χ0n) is 20.3. The number of benzene rings is 1. The van der Waals surface area contributed by atoms with Crippen LogP contribution in [0.1, 0.15) is 27.0 Å². The number of hydrogen-bond donors (Lipinski definition) is 4. The molecule has 1 aromatic carbocycles. The van der Waals surface area contributed by atoms with Crippen molar-refractivity contribution >= 4 is 25.9 Å². The molecule has 0 aliphatic carbocycles. The van der Waals surface area contributed by atoms with Gasteiger partial charge in [0.2, 0.25) is 0 Å². The Labute approximate surface area is 216 Å². The molecule has 204 valence electrons. The number of aliphatic hydroxyl groups excluding tert-OH is 1. The molecule has 2 heterocycles. The number of halogens is 1. The molecule has 3 rings (SSSR count). The summed E-state index contributed by atoms with van der Waals surface area (Å²) >= 11 is 4.88. The van der Waals surface area contributed by atoms with Gasteiger partial charge < -0.3 is 24.2 Å². The minimum atomic E-state index is -4.34. The fourth-order valence-corrected chi connectivity index (χ4v) is 5.18. The number of para-hydroxylation sites is 1. The van der Waals surface area contributed by atoms with Gasteiger partial charge in [-0.25, -0.2) is 13.8 Å². The van der Waals surface area contributed by atoms with Gasteiger partial charge in [-0.2, -0.15) is 5.09 Å². The zero-order valence-corrected chi connectivity index (χ0v) is 22.0. The second kappa shape index (κ2) is 11.9. The summed E-state index contributed by atoms with van der Waals surface area (Å²) in [6, 6.07) is 8.13. The number of hydrogen-bond acceptors (Lipinski definition) is 10. The number of H-pyrrole nitrogens is 1. The number of aromatic nitrogens is 2. The van der Waals surface area contributed by atoms with Crippen molar-refractivity contribution in [1.82, 2.24) is 14.6 Å². The standard InChI is InChI=1S/C22H29FN3O9PS/c1-13(2)33-19(28)14(3)25-36(31,35-15-7-5-4-6-8-15)32-11-16-18(27)22(30,12-23)20(34-16)26-10-9-17(37)24-21(26)29/h4-10,13-14,16,18,20,27,30H,11-12H2,1-3H3,(H,25,31)(H,24,29,37)/t14-,16+,18?,20+,22+,36?/m0/s1. The van der Waals surface area contributed by atoms with Crippen LogP contribution in [0.15, 0.2) is 47.4 Å². The lowest BCUT2D eigenvalue weighted by molar-refractivity contribution is -0.149. The number of ether oxygens (including phenoxy) is 2. The van der Waals surface area contributed by atoms with Crippen LogP contribution in [-0.4, -0.2) is 69.0 Å². The van der Waals surface area contributed by atoms with Gasteiger partial charge >= 0.3 is 19.4 Å². The van der Waals surface area contributed by atoms with Crippen molar-refractivity contribution in [3.63, 3.8) is 0 Å². The SMILES string of the molecule is CC(C)OC(=O)[C@H](C)NP(=O)(OC[C@H]1O[C@@H](n2ccc(=S)[nH]c2=O)[C@@](O)(CF)C1O)Oc1ccccc1. The molecule has 0 saturated carbocycles. The van der Waals surface area contributed by atoms with Crippen LogP contribution in [0.5, 0.6) is 5.75 Å². The van der Waals surface area contributed by atoms with E-state index in [1.807, 2.05) is 0 Å². The van der Waals surface area contributed by atoms with Crippen molar-refractivity contribution in [3.8, 4) is 5.75 Å². The summed E-state index contributed by atoms with van der Waals surface area (Å²) in [7, 11) is -4.34. The summed E-state index contributed by atoms with van der Waals surface area (Å²) in [5.41, 5.74) is -3.35. The summed E-state index contributed by atoms with van der Waals surface area (Å²) in [5.74, 6) is -0.583. The number of rotatable bonds is 11. The van der Waals surface area contributed by atoms with Gasteiger partial charge in [0.05, 0.1) is 12.7 Å². The Morgan fingerprint density at radius 3 is 2.59 bits per heavy atom. The number of carbonyl (C=O) groups excluding carboxylic acids is 1. The topological polar surface area (TPSA) is 161 Å². The van der Waals surface area contributed by atoms with Crippen molar-refractivity contribution in [2.75, 3.05) is 13.3 Å². The Morgan fingerprint density at radius 2 is 2.00 bits per heavy atom. The van der Waals surface area contributed by atoms with E-state index in [0.717, 1.165) is 4.57 Å². The number of aliphatic hydroxyl groups is 2. The van der Waals surface area contributed by atoms with Crippen LogP contribution < -0.4 is 15.3 Å². The maximum Gasteiger partial charge on any atom is 0.459 e. The van der Waals surface area contributed by atoms with Gasteiger partial charge in [0.15, 0.2) is 11.8 Å². The van der Waals surface area contributed by atoms with Crippen molar-refractivity contribution < 1.29 is 42.5 Å². The molecule has 1 fully saturated rings. The molecule has 6 atom stereocenters. The molecule has 1 aliphatic rings. The summed E-state index contributed by atoms with van der Waals surface area (Å²) in [4.78, 5) is 26.9. The third kappa shape index (κ3) is 6.90. The van der Waals surface area contributed by atoms with Gasteiger partial charge in [-0.15, -0.1) is 0 Å². The van der Waals surface area contributed by atoms with Crippen LogP contribution >= 0.6 is 20.0 Å². The minimum absolute atomic E-state index is 0.0960. The first-order valence-corrected chi connectivity index (χ1v) is 13.2. The number of aromatic amines is 1.